The van der Waals surface area contributed by atoms with Crippen molar-refractivity contribution in [2.75, 3.05) is 0 Å². The van der Waals surface area contributed by atoms with Gasteiger partial charge < -0.3 is 0 Å². The minimum atomic E-state index is 0.400. The van der Waals surface area contributed by atoms with Crippen LogP contribution in [0.2, 0.25) is 0 Å². The molecule has 0 amide bonds. The molecular weight excluding hydrogens is 144 g/mol. The van der Waals surface area contributed by atoms with Crippen LogP contribution in [-0.4, -0.2) is 0 Å². The summed E-state index contributed by atoms with van der Waals surface area (Å²) in [6.07, 6.45) is 1.11. The second-order valence-electron chi connectivity index (χ2n) is 3.45. The first-order chi connectivity index (χ1) is 5.65. The van der Waals surface area contributed by atoms with Crippen molar-refractivity contribution in [2.45, 2.75) is 33.1 Å². The van der Waals surface area contributed by atoms with E-state index in [2.05, 4.69) is 45.9 Å². The lowest BCUT2D eigenvalue weighted by Crippen LogP contribution is -1.93. The Morgan fingerprint density at radius 1 is 1.42 bits per heavy atom. The molecule has 1 radical (unpaired) electrons. The fourth-order valence-electron chi connectivity index (χ4n) is 1.44. The lowest BCUT2D eigenvalue weighted by atomic mass is 9.95. The van der Waals surface area contributed by atoms with Crippen LogP contribution in [0.4, 0.5) is 0 Å². The molecule has 0 aromatic heterocycles. The highest BCUT2D eigenvalue weighted by Crippen LogP contribution is 2.20. The van der Waals surface area contributed by atoms with Gasteiger partial charge in [-0.25, -0.2) is 0 Å². The summed E-state index contributed by atoms with van der Waals surface area (Å²) in [6, 6.07) is 6.66. The van der Waals surface area contributed by atoms with Crippen LogP contribution < -0.4 is 0 Å². The Bertz CT molecular complexity index is 259. The van der Waals surface area contributed by atoms with Crippen molar-refractivity contribution in [3.63, 3.8) is 0 Å². The third kappa shape index (κ3) is 1.88. The summed E-state index contributed by atoms with van der Waals surface area (Å²) in [5.74, 6) is 0.400. The number of aryl methyl sites for hydroxylation is 2. The van der Waals surface area contributed by atoms with Gasteiger partial charge in [0.25, 0.3) is 0 Å². The minimum Gasteiger partial charge on any atom is -0.0613 e. The van der Waals surface area contributed by atoms with Gasteiger partial charge in [0.1, 0.15) is 0 Å². The molecule has 0 saturated carbocycles. The van der Waals surface area contributed by atoms with E-state index in [0.717, 1.165) is 6.42 Å². The van der Waals surface area contributed by atoms with Gasteiger partial charge in [-0.05, 0) is 42.9 Å². The average molecular weight is 161 g/mol. The van der Waals surface area contributed by atoms with Gasteiger partial charge in [0.2, 0.25) is 0 Å². The van der Waals surface area contributed by atoms with Gasteiger partial charge in [-0.2, -0.15) is 0 Å². The Hall–Kier alpha value is -0.780. The topological polar surface area (TPSA) is 0 Å². The Kier molecular flexibility index (Phi) is 2.91. The molecule has 0 fully saturated rings. The lowest BCUT2D eigenvalue weighted by Gasteiger charge is -2.10. The highest BCUT2D eigenvalue weighted by molar-refractivity contribution is 5.33. The van der Waals surface area contributed by atoms with Crippen LogP contribution in [0, 0.1) is 13.8 Å². The molecule has 1 aromatic rings. The van der Waals surface area contributed by atoms with E-state index in [9.17, 15) is 0 Å². The van der Waals surface area contributed by atoms with E-state index in [-0.39, 0.29) is 0 Å². The second kappa shape index (κ2) is 3.75. The normalized spacial score (nSPS) is 10.8. The maximum atomic E-state index is 4.04. The highest BCUT2D eigenvalue weighted by Gasteiger charge is 2.03. The van der Waals surface area contributed by atoms with Gasteiger partial charge >= 0.3 is 0 Å². The summed E-state index contributed by atoms with van der Waals surface area (Å²) < 4.78 is 0. The quantitative estimate of drug-likeness (QED) is 0.622. The van der Waals surface area contributed by atoms with Crippen molar-refractivity contribution >= 4 is 0 Å². The molecule has 1 atom stereocenters. The fourth-order valence-corrected chi connectivity index (χ4v) is 1.44. The molecule has 0 aliphatic carbocycles. The predicted octanol–water partition coefficient (Wildman–Crippen LogP) is 3.50. The predicted molar refractivity (Wildman–Crippen MR) is 54.3 cm³/mol. The van der Waals surface area contributed by atoms with Crippen molar-refractivity contribution in [3.05, 3.63) is 41.8 Å². The third-order valence-corrected chi connectivity index (χ3v) is 2.28. The monoisotopic (exact) mass is 161 g/mol. The maximum absolute atomic E-state index is 4.04. The van der Waals surface area contributed by atoms with Gasteiger partial charge in [-0.15, -0.1) is 0 Å². The van der Waals surface area contributed by atoms with E-state index in [1.807, 2.05) is 0 Å². The van der Waals surface area contributed by atoms with Crippen molar-refractivity contribution < 1.29 is 0 Å². The van der Waals surface area contributed by atoms with Crippen LogP contribution >= 0.6 is 0 Å². The van der Waals surface area contributed by atoms with Gasteiger partial charge in [0.15, 0.2) is 0 Å². The standard InChI is InChI=1S/C12H17/c1-5-11-7-6-10(4)12(8-11)9(2)3/h6-9H,2,5H2,1,3-4H3. The van der Waals surface area contributed by atoms with Crippen molar-refractivity contribution in [2.24, 2.45) is 0 Å². The SMILES string of the molecule is [CH2]C(C)c1cc(CC)ccc1C. The van der Waals surface area contributed by atoms with Gasteiger partial charge in [0, 0.05) is 0 Å². The molecule has 0 saturated heterocycles. The molecule has 1 aromatic carbocycles. The van der Waals surface area contributed by atoms with E-state index in [1.165, 1.54) is 16.7 Å². The molecule has 65 valence electrons. The first-order valence-corrected chi connectivity index (χ1v) is 4.57. The van der Waals surface area contributed by atoms with Crippen molar-refractivity contribution in [1.82, 2.24) is 0 Å². The number of benzene rings is 1. The largest absolute Gasteiger partial charge is 0.0613 e. The van der Waals surface area contributed by atoms with Crippen LogP contribution in [0.25, 0.3) is 0 Å². The van der Waals surface area contributed by atoms with Crippen LogP contribution in [0.5, 0.6) is 0 Å². The molecule has 1 rings (SSSR count). The molecule has 1 unspecified atom stereocenters. The molecule has 12 heavy (non-hydrogen) atoms. The summed E-state index contributed by atoms with van der Waals surface area (Å²) in [5, 5.41) is 0. The maximum Gasteiger partial charge on any atom is -0.0187 e. The summed E-state index contributed by atoms with van der Waals surface area (Å²) in [4.78, 5) is 0. The Labute approximate surface area is 75.6 Å². The third-order valence-electron chi connectivity index (χ3n) is 2.28. The summed E-state index contributed by atoms with van der Waals surface area (Å²) in [5.41, 5.74) is 4.15. The second-order valence-corrected chi connectivity index (χ2v) is 3.45. The van der Waals surface area contributed by atoms with E-state index < -0.39 is 0 Å². The van der Waals surface area contributed by atoms with Gasteiger partial charge in [-0.1, -0.05) is 32.0 Å². The molecule has 0 bridgehead atoms. The van der Waals surface area contributed by atoms with Crippen molar-refractivity contribution in [3.8, 4) is 0 Å². The molecule has 0 aliphatic rings. The van der Waals surface area contributed by atoms with E-state index in [1.54, 1.807) is 0 Å². The van der Waals surface area contributed by atoms with Crippen LogP contribution in [0.1, 0.15) is 36.5 Å². The molecule has 0 nitrogen and oxygen atoms in total. The van der Waals surface area contributed by atoms with Crippen LogP contribution in [0.3, 0.4) is 0 Å². The molecule has 0 aliphatic heterocycles. The summed E-state index contributed by atoms with van der Waals surface area (Å²) >= 11 is 0. The first-order valence-electron chi connectivity index (χ1n) is 4.57. The van der Waals surface area contributed by atoms with Crippen molar-refractivity contribution in [1.29, 1.82) is 0 Å². The van der Waals surface area contributed by atoms with Crippen LogP contribution in [0.15, 0.2) is 18.2 Å². The Morgan fingerprint density at radius 3 is 2.58 bits per heavy atom. The highest BCUT2D eigenvalue weighted by atomic mass is 14.1. The summed E-state index contributed by atoms with van der Waals surface area (Å²) in [7, 11) is 0. The van der Waals surface area contributed by atoms with E-state index >= 15 is 0 Å². The fraction of sp³-hybridized carbons (Fsp3) is 0.417. The first kappa shape index (κ1) is 9.31. The smallest absolute Gasteiger partial charge is 0.0187 e. The van der Waals surface area contributed by atoms with E-state index in [4.69, 9.17) is 0 Å². The van der Waals surface area contributed by atoms with Gasteiger partial charge in [-0.3, -0.25) is 0 Å². The summed E-state index contributed by atoms with van der Waals surface area (Å²) in [6.45, 7) is 10.5. The zero-order valence-electron chi connectivity index (χ0n) is 8.22. The molecule has 0 heteroatoms. The number of hydrogen-bond donors (Lipinski definition) is 0. The molecular formula is C12H17. The van der Waals surface area contributed by atoms with Crippen LogP contribution in [-0.2, 0) is 6.42 Å². The molecule has 0 N–H and O–H groups in total. The number of rotatable bonds is 2. The lowest BCUT2D eigenvalue weighted by molar-refractivity contribution is 0.940. The van der Waals surface area contributed by atoms with Gasteiger partial charge in [0.05, 0.1) is 0 Å². The van der Waals surface area contributed by atoms with E-state index in [0.29, 0.717) is 5.92 Å². The zero-order valence-corrected chi connectivity index (χ0v) is 8.22. The minimum absolute atomic E-state index is 0.400. The Balaban J connectivity index is 3.08. The Morgan fingerprint density at radius 2 is 2.08 bits per heavy atom. The molecule has 0 spiro atoms. The average Bonchev–Trinajstić information content (AvgIpc) is 2.05. The number of hydrogen-bond acceptors (Lipinski definition) is 0. The zero-order chi connectivity index (χ0) is 9.14. The molecule has 0 heterocycles.